The maximum Gasteiger partial charge on any atom is 0.225 e. The van der Waals surface area contributed by atoms with Gasteiger partial charge in [-0.05, 0) is 51.4 Å². The van der Waals surface area contributed by atoms with Crippen molar-refractivity contribution in [2.45, 2.75) is 70.8 Å². The van der Waals surface area contributed by atoms with Crippen LogP contribution in [0, 0.1) is 18.8 Å². The number of hydrogen-bond donors (Lipinski definition) is 0. The van der Waals surface area contributed by atoms with E-state index in [1.807, 2.05) is 6.20 Å². The van der Waals surface area contributed by atoms with Gasteiger partial charge in [-0.3, -0.25) is 4.79 Å². The van der Waals surface area contributed by atoms with E-state index in [9.17, 15) is 4.79 Å². The number of rotatable bonds is 4. The Hall–Kier alpha value is -1.36. The molecule has 26 heavy (non-hydrogen) atoms. The molecule has 0 N–H and O–H groups in total. The van der Waals surface area contributed by atoms with Crippen molar-refractivity contribution < 1.29 is 9.53 Å². The number of amides is 1. The summed E-state index contributed by atoms with van der Waals surface area (Å²) in [7, 11) is 0. The highest BCUT2D eigenvalue weighted by molar-refractivity contribution is 5.79. The summed E-state index contributed by atoms with van der Waals surface area (Å²) in [6, 6.07) is 0. The number of likely N-dealkylation sites (tertiary alicyclic amines) is 1. The number of imidazole rings is 1. The molecule has 2 saturated heterocycles. The molecule has 1 amide bonds. The average Bonchev–Trinajstić information content (AvgIpc) is 3.34. The summed E-state index contributed by atoms with van der Waals surface area (Å²) in [5.74, 6) is 3.22. The molecule has 1 aromatic rings. The van der Waals surface area contributed by atoms with E-state index < -0.39 is 0 Å². The maximum atomic E-state index is 12.6. The van der Waals surface area contributed by atoms with Gasteiger partial charge in [0.25, 0.3) is 0 Å². The van der Waals surface area contributed by atoms with E-state index in [1.165, 1.54) is 24.4 Å². The Bertz CT molecular complexity index is 607. The molecule has 5 nitrogen and oxygen atoms in total. The summed E-state index contributed by atoms with van der Waals surface area (Å²) in [5, 5.41) is 0. The van der Waals surface area contributed by atoms with E-state index in [0.717, 1.165) is 71.4 Å². The van der Waals surface area contributed by atoms with Crippen LogP contribution in [0.15, 0.2) is 6.20 Å². The van der Waals surface area contributed by atoms with E-state index in [-0.39, 0.29) is 0 Å². The van der Waals surface area contributed by atoms with Crippen LogP contribution in [0.25, 0.3) is 0 Å². The molecular formula is C21H33N3O2. The number of piperidine rings is 1. The van der Waals surface area contributed by atoms with Crippen LogP contribution in [0.4, 0.5) is 0 Å². The summed E-state index contributed by atoms with van der Waals surface area (Å²) in [4.78, 5) is 19.5. The first-order chi connectivity index (χ1) is 12.7. The van der Waals surface area contributed by atoms with Crippen LogP contribution < -0.4 is 0 Å². The smallest absolute Gasteiger partial charge is 0.225 e. The lowest BCUT2D eigenvalue weighted by Crippen LogP contribution is -2.42. The Morgan fingerprint density at radius 3 is 2.50 bits per heavy atom. The number of carbonyl (C=O) groups is 1. The van der Waals surface area contributed by atoms with Gasteiger partial charge in [-0.25, -0.2) is 4.98 Å². The fraction of sp³-hybridized carbons (Fsp3) is 0.810. The molecule has 3 fully saturated rings. The molecule has 144 valence electrons. The van der Waals surface area contributed by atoms with Gasteiger partial charge < -0.3 is 14.2 Å². The van der Waals surface area contributed by atoms with Gasteiger partial charge in [-0.2, -0.15) is 0 Å². The summed E-state index contributed by atoms with van der Waals surface area (Å²) < 4.78 is 7.97. The number of aryl methyl sites for hydroxylation is 1. The van der Waals surface area contributed by atoms with E-state index in [1.54, 1.807) is 0 Å². The van der Waals surface area contributed by atoms with Crippen LogP contribution in [0.3, 0.4) is 0 Å². The Labute approximate surface area is 157 Å². The minimum atomic E-state index is 0.322. The molecule has 4 rings (SSSR count). The average molecular weight is 360 g/mol. The second-order valence-corrected chi connectivity index (χ2v) is 8.51. The summed E-state index contributed by atoms with van der Waals surface area (Å²) in [6.45, 7) is 6.84. The van der Waals surface area contributed by atoms with Crippen LogP contribution in [0.1, 0.15) is 68.8 Å². The topological polar surface area (TPSA) is 47.4 Å². The van der Waals surface area contributed by atoms with E-state index >= 15 is 0 Å². The zero-order valence-electron chi connectivity index (χ0n) is 16.2. The lowest BCUT2D eigenvalue weighted by molar-refractivity contribution is -0.136. The lowest BCUT2D eigenvalue weighted by atomic mass is 9.94. The van der Waals surface area contributed by atoms with Gasteiger partial charge in [0, 0.05) is 56.6 Å². The predicted molar refractivity (Wildman–Crippen MR) is 101 cm³/mol. The van der Waals surface area contributed by atoms with Gasteiger partial charge in [0.2, 0.25) is 5.91 Å². The van der Waals surface area contributed by atoms with Gasteiger partial charge in [-0.1, -0.05) is 12.8 Å². The van der Waals surface area contributed by atoms with Crippen LogP contribution in [0.5, 0.6) is 0 Å². The van der Waals surface area contributed by atoms with Crippen molar-refractivity contribution in [3.63, 3.8) is 0 Å². The molecule has 1 aromatic heterocycles. The molecule has 3 heterocycles. The van der Waals surface area contributed by atoms with Crippen LogP contribution in [-0.2, 0) is 16.1 Å². The standard InChI is InChI=1S/C21H33N3O2/c1-16-14-22-20(18-8-12-26-13-9-18)24(16)15-17-6-10-23(11-7-17)21(25)19-4-2-3-5-19/h14,17-19H,2-13,15H2,1H3. The third-order valence-electron chi connectivity index (χ3n) is 6.74. The molecule has 5 heteroatoms. The van der Waals surface area contributed by atoms with Crippen molar-refractivity contribution >= 4 is 5.91 Å². The molecule has 1 saturated carbocycles. The van der Waals surface area contributed by atoms with Gasteiger partial charge in [-0.15, -0.1) is 0 Å². The number of aromatic nitrogens is 2. The molecule has 0 atom stereocenters. The largest absolute Gasteiger partial charge is 0.381 e. The number of nitrogens with zero attached hydrogens (tertiary/aromatic N) is 3. The van der Waals surface area contributed by atoms with Crippen molar-refractivity contribution in [3.05, 3.63) is 17.7 Å². The summed E-state index contributed by atoms with van der Waals surface area (Å²) in [6.07, 6.45) is 11.2. The first-order valence-electron chi connectivity index (χ1n) is 10.6. The predicted octanol–water partition coefficient (Wildman–Crippen LogP) is 3.51. The van der Waals surface area contributed by atoms with Crippen molar-refractivity contribution in [3.8, 4) is 0 Å². The third-order valence-corrected chi connectivity index (χ3v) is 6.74. The molecule has 0 spiro atoms. The molecule has 3 aliphatic rings. The molecule has 0 radical (unpaired) electrons. The van der Waals surface area contributed by atoms with Crippen LogP contribution in [-0.4, -0.2) is 46.7 Å². The molecule has 2 aliphatic heterocycles. The molecule has 1 aliphatic carbocycles. The number of carbonyl (C=O) groups excluding carboxylic acids is 1. The summed E-state index contributed by atoms with van der Waals surface area (Å²) >= 11 is 0. The Kier molecular flexibility index (Phi) is 5.63. The highest BCUT2D eigenvalue weighted by Gasteiger charge is 2.31. The van der Waals surface area contributed by atoms with Crippen molar-refractivity contribution in [2.75, 3.05) is 26.3 Å². The van der Waals surface area contributed by atoms with Gasteiger partial charge in [0.1, 0.15) is 5.82 Å². The first kappa shape index (κ1) is 18.0. The van der Waals surface area contributed by atoms with E-state index in [4.69, 9.17) is 9.72 Å². The maximum absolute atomic E-state index is 12.6. The molecule has 0 unspecified atom stereocenters. The van der Waals surface area contributed by atoms with Crippen molar-refractivity contribution in [2.24, 2.45) is 11.8 Å². The van der Waals surface area contributed by atoms with Crippen molar-refractivity contribution in [1.82, 2.24) is 14.5 Å². The third kappa shape index (κ3) is 3.83. The SMILES string of the molecule is Cc1cnc(C2CCOCC2)n1CC1CCN(C(=O)C2CCCC2)CC1. The Balaban J connectivity index is 1.34. The normalized spacial score (nSPS) is 23.7. The summed E-state index contributed by atoms with van der Waals surface area (Å²) in [5.41, 5.74) is 1.27. The zero-order valence-corrected chi connectivity index (χ0v) is 16.2. The quantitative estimate of drug-likeness (QED) is 0.826. The van der Waals surface area contributed by atoms with Crippen LogP contribution in [0.2, 0.25) is 0 Å². The molecule has 0 aromatic carbocycles. The minimum Gasteiger partial charge on any atom is -0.381 e. The van der Waals surface area contributed by atoms with Gasteiger partial charge >= 0.3 is 0 Å². The first-order valence-corrected chi connectivity index (χ1v) is 10.6. The highest BCUT2D eigenvalue weighted by atomic mass is 16.5. The lowest BCUT2D eigenvalue weighted by Gasteiger charge is -2.34. The van der Waals surface area contributed by atoms with Gasteiger partial charge in [0.15, 0.2) is 0 Å². The second-order valence-electron chi connectivity index (χ2n) is 8.51. The molecular weight excluding hydrogens is 326 g/mol. The number of ether oxygens (including phenoxy) is 1. The van der Waals surface area contributed by atoms with E-state index in [2.05, 4.69) is 16.4 Å². The second kappa shape index (κ2) is 8.12. The number of hydrogen-bond acceptors (Lipinski definition) is 3. The molecule has 0 bridgehead atoms. The zero-order chi connectivity index (χ0) is 17.9. The fourth-order valence-corrected chi connectivity index (χ4v) is 5.02. The van der Waals surface area contributed by atoms with Gasteiger partial charge in [0.05, 0.1) is 0 Å². The highest BCUT2D eigenvalue weighted by Crippen LogP contribution is 2.31. The minimum absolute atomic E-state index is 0.322. The van der Waals surface area contributed by atoms with Crippen LogP contribution >= 0.6 is 0 Å². The Morgan fingerprint density at radius 2 is 1.81 bits per heavy atom. The fourth-order valence-electron chi connectivity index (χ4n) is 5.02. The Morgan fingerprint density at radius 1 is 1.12 bits per heavy atom. The van der Waals surface area contributed by atoms with E-state index in [0.29, 0.717) is 23.7 Å². The van der Waals surface area contributed by atoms with Crippen molar-refractivity contribution in [1.29, 1.82) is 0 Å². The monoisotopic (exact) mass is 359 g/mol.